The summed E-state index contributed by atoms with van der Waals surface area (Å²) in [5.41, 5.74) is -0.735. The monoisotopic (exact) mass is 605 g/mol. The number of carbonyl (C=O) groups excluding carboxylic acids is 1. The first-order chi connectivity index (χ1) is 20.1. The molecule has 0 aliphatic carbocycles. The van der Waals surface area contributed by atoms with Crippen LogP contribution in [0.2, 0.25) is 0 Å². The molecule has 1 heterocycles. The first-order valence-electron chi connectivity index (χ1n) is 16.1. The Morgan fingerprint density at radius 3 is 1.90 bits per heavy atom. The Hall–Kier alpha value is -1.30. The van der Waals surface area contributed by atoms with Crippen LogP contribution in [-0.4, -0.2) is 94.3 Å². The van der Waals surface area contributed by atoms with E-state index >= 15 is 0 Å². The lowest BCUT2D eigenvalue weighted by Gasteiger charge is -2.46. The fourth-order valence-electron chi connectivity index (χ4n) is 4.29. The molecule has 0 aromatic carbocycles. The van der Waals surface area contributed by atoms with Gasteiger partial charge in [0.15, 0.2) is 6.29 Å². The van der Waals surface area contributed by atoms with Crippen LogP contribution in [0.5, 0.6) is 0 Å². The lowest BCUT2D eigenvalue weighted by atomic mass is 9.98. The van der Waals surface area contributed by atoms with Crippen LogP contribution in [0.3, 0.4) is 0 Å². The molecule has 1 aliphatic heterocycles. The number of alkyl halides is 1. The normalized spacial score (nSPS) is 24.2. The van der Waals surface area contributed by atoms with Crippen LogP contribution in [0, 0.1) is 0 Å². The summed E-state index contributed by atoms with van der Waals surface area (Å²) in [5, 5.41) is 2.58. The molecule has 1 amide bonds. The first kappa shape index (κ1) is 38.7. The molecule has 9 nitrogen and oxygen atoms in total. The van der Waals surface area contributed by atoms with Gasteiger partial charge in [0.2, 0.25) is 0 Å². The van der Waals surface area contributed by atoms with Crippen molar-refractivity contribution < 1.29 is 42.3 Å². The van der Waals surface area contributed by atoms with Gasteiger partial charge in [-0.05, 0) is 46.5 Å². The van der Waals surface area contributed by atoms with Gasteiger partial charge in [-0.3, -0.25) is 0 Å². The van der Waals surface area contributed by atoms with Crippen LogP contribution in [0.1, 0.15) is 99.8 Å². The Morgan fingerprint density at radius 1 is 0.857 bits per heavy atom. The highest BCUT2D eigenvalue weighted by Gasteiger charge is 2.49. The van der Waals surface area contributed by atoms with Crippen molar-refractivity contribution >= 4 is 6.09 Å². The van der Waals surface area contributed by atoms with E-state index in [0.717, 1.165) is 57.4 Å². The van der Waals surface area contributed by atoms with Gasteiger partial charge < -0.3 is 38.5 Å². The Morgan fingerprint density at radius 2 is 1.38 bits per heavy atom. The minimum atomic E-state index is -1.57. The molecule has 42 heavy (non-hydrogen) atoms. The quantitative estimate of drug-likeness (QED) is 0.104. The van der Waals surface area contributed by atoms with Gasteiger partial charge in [0, 0.05) is 26.4 Å². The van der Waals surface area contributed by atoms with E-state index in [9.17, 15) is 9.18 Å². The van der Waals surface area contributed by atoms with Gasteiger partial charge in [0.1, 0.15) is 36.2 Å². The van der Waals surface area contributed by atoms with E-state index in [2.05, 4.69) is 39.6 Å². The molecule has 248 valence electrons. The van der Waals surface area contributed by atoms with Crippen molar-refractivity contribution in [1.82, 2.24) is 5.32 Å². The Bertz CT molecular complexity index is 706. The number of ether oxygens (including phenoxy) is 7. The van der Waals surface area contributed by atoms with Gasteiger partial charge in [0.05, 0.1) is 19.3 Å². The maximum Gasteiger partial charge on any atom is 0.408 e. The summed E-state index contributed by atoms with van der Waals surface area (Å²) in [6, 6.07) is -1.05. The second kappa shape index (κ2) is 22.2. The second-order valence-corrected chi connectivity index (χ2v) is 11.8. The molecular formula is C32H60FNO8. The van der Waals surface area contributed by atoms with Gasteiger partial charge in [0.25, 0.3) is 0 Å². The van der Waals surface area contributed by atoms with Crippen molar-refractivity contribution in [1.29, 1.82) is 0 Å². The number of halogens is 1. The van der Waals surface area contributed by atoms with Crippen LogP contribution in [0.25, 0.3) is 0 Å². The fraction of sp³-hybridized carbons (Fsp3) is 0.906. The zero-order chi connectivity index (χ0) is 31.4. The molecule has 3 unspecified atom stereocenters. The molecular weight excluding hydrogens is 545 g/mol. The summed E-state index contributed by atoms with van der Waals surface area (Å²) in [6.45, 7) is 19.5. The molecule has 0 radical (unpaired) electrons. The minimum absolute atomic E-state index is 0.197. The number of hydrogen-bond acceptors (Lipinski definition) is 8. The molecule has 1 saturated heterocycles. The second-order valence-electron chi connectivity index (χ2n) is 11.8. The first-order valence-corrected chi connectivity index (χ1v) is 16.1. The third-order valence-corrected chi connectivity index (χ3v) is 6.69. The Kier molecular flexibility index (Phi) is 20.5. The summed E-state index contributed by atoms with van der Waals surface area (Å²) in [4.78, 5) is 12.5. The van der Waals surface area contributed by atoms with Crippen LogP contribution in [0.15, 0.2) is 12.7 Å². The van der Waals surface area contributed by atoms with Gasteiger partial charge >= 0.3 is 6.09 Å². The average molecular weight is 606 g/mol. The predicted octanol–water partition coefficient (Wildman–Crippen LogP) is 6.52. The van der Waals surface area contributed by atoms with Gasteiger partial charge in [-0.1, -0.05) is 59.5 Å². The maximum atomic E-state index is 14.9. The Labute approximate surface area is 254 Å². The molecule has 0 spiro atoms. The van der Waals surface area contributed by atoms with E-state index < -0.39 is 54.6 Å². The zero-order valence-corrected chi connectivity index (χ0v) is 27.4. The van der Waals surface area contributed by atoms with Crippen molar-refractivity contribution in [2.24, 2.45) is 0 Å². The lowest BCUT2D eigenvalue weighted by Crippen LogP contribution is -2.62. The number of rotatable bonds is 23. The third kappa shape index (κ3) is 15.4. The number of unbranched alkanes of at least 4 members (excludes halogenated alkanes) is 4. The number of alkyl carbamates (subject to hydrolysis) is 1. The minimum Gasteiger partial charge on any atom is -0.444 e. The van der Waals surface area contributed by atoms with Crippen LogP contribution in [-0.2, 0) is 33.2 Å². The summed E-state index contributed by atoms with van der Waals surface area (Å²) in [6.07, 6.45) is 3.39. The lowest BCUT2D eigenvalue weighted by molar-refractivity contribution is -0.324. The van der Waals surface area contributed by atoms with Gasteiger partial charge in [-0.2, -0.15) is 0 Å². The zero-order valence-electron chi connectivity index (χ0n) is 27.4. The number of hydrogen-bond donors (Lipinski definition) is 1. The van der Waals surface area contributed by atoms with Crippen molar-refractivity contribution in [3.8, 4) is 0 Å². The highest BCUT2D eigenvalue weighted by Crippen LogP contribution is 2.30. The average Bonchev–Trinajstić information content (AvgIpc) is 2.94. The number of carbonyl (C=O) groups is 1. The third-order valence-electron chi connectivity index (χ3n) is 6.69. The standard InChI is InChI=1S/C32H60FNO8/c1-9-14-18-36-23-26-27(37-19-15-10-2)28(38-20-16-11-3)29(39-21-17-12-4)30(41-26)40-22-25(24(33)13-5)34-31(35)42-32(6,7)8/h13,24-30H,5,9-12,14-23H2,1-4,6-8H3,(H,34,35)/t24-,25+,26?,27+,28?,29?,30+/m1/s1. The molecule has 0 saturated carbocycles. The molecule has 10 heteroatoms. The predicted molar refractivity (Wildman–Crippen MR) is 163 cm³/mol. The molecule has 1 fully saturated rings. The van der Waals surface area contributed by atoms with Gasteiger partial charge in [-0.25, -0.2) is 9.18 Å². The fourth-order valence-corrected chi connectivity index (χ4v) is 4.29. The van der Waals surface area contributed by atoms with Gasteiger partial charge in [-0.15, -0.1) is 6.58 Å². The molecule has 7 atom stereocenters. The van der Waals surface area contributed by atoms with E-state index in [1.807, 2.05) is 0 Å². The summed E-state index contributed by atoms with van der Waals surface area (Å²) in [7, 11) is 0. The van der Waals surface area contributed by atoms with Crippen molar-refractivity contribution in [3.05, 3.63) is 12.7 Å². The summed E-state index contributed by atoms with van der Waals surface area (Å²) in [5.74, 6) is 0. The van der Waals surface area contributed by atoms with Crippen LogP contribution >= 0.6 is 0 Å². The van der Waals surface area contributed by atoms with E-state index in [1.54, 1.807) is 20.8 Å². The topological polar surface area (TPSA) is 93.7 Å². The number of nitrogens with one attached hydrogen (secondary N) is 1. The van der Waals surface area contributed by atoms with Crippen molar-refractivity contribution in [2.75, 3.05) is 39.6 Å². The molecule has 0 bridgehead atoms. The van der Waals surface area contributed by atoms with E-state index in [0.29, 0.717) is 33.0 Å². The highest BCUT2D eigenvalue weighted by atomic mass is 19.1. The highest BCUT2D eigenvalue weighted by molar-refractivity contribution is 5.68. The molecule has 1 rings (SSSR count). The Balaban J connectivity index is 3.26. The SMILES string of the molecule is C=C[C@@H](F)[C@H](CO[C@H]1OC(COCCCC)[C@H](OCCCC)C(OCCCC)C1OCCCC)NC(=O)OC(C)(C)C. The van der Waals surface area contributed by atoms with Crippen molar-refractivity contribution in [2.45, 2.75) is 148 Å². The molecule has 1 aliphatic rings. The van der Waals surface area contributed by atoms with Crippen LogP contribution < -0.4 is 5.32 Å². The molecule has 0 aromatic heterocycles. The van der Waals surface area contributed by atoms with E-state index in [1.165, 1.54) is 0 Å². The largest absolute Gasteiger partial charge is 0.444 e. The van der Waals surface area contributed by atoms with Crippen molar-refractivity contribution in [3.63, 3.8) is 0 Å². The van der Waals surface area contributed by atoms with Crippen LogP contribution in [0.4, 0.5) is 9.18 Å². The molecule has 1 N–H and O–H groups in total. The van der Waals surface area contributed by atoms with E-state index in [-0.39, 0.29) is 6.61 Å². The van der Waals surface area contributed by atoms with E-state index in [4.69, 9.17) is 33.2 Å². The summed E-state index contributed by atoms with van der Waals surface area (Å²) < 4.78 is 58.1. The summed E-state index contributed by atoms with van der Waals surface area (Å²) >= 11 is 0. The number of amides is 1. The smallest absolute Gasteiger partial charge is 0.408 e. The maximum absolute atomic E-state index is 14.9. The molecule has 0 aromatic rings.